The fourth-order valence-corrected chi connectivity index (χ4v) is 2.18. The van der Waals surface area contributed by atoms with Crippen LogP contribution in [0.2, 0.25) is 0 Å². The Kier molecular flexibility index (Phi) is 8.55. The molecule has 23 heavy (non-hydrogen) atoms. The van der Waals surface area contributed by atoms with Crippen LogP contribution in [0.15, 0.2) is 24.3 Å². The number of rotatable bonds is 10. The molecule has 0 bridgehead atoms. The first-order valence-corrected chi connectivity index (χ1v) is 8.00. The quantitative estimate of drug-likeness (QED) is 0.715. The Hall–Kier alpha value is -1.14. The molecule has 0 radical (unpaired) electrons. The van der Waals surface area contributed by atoms with E-state index in [1.165, 1.54) is 0 Å². The number of nitrogens with zero attached hydrogens (tertiary/aromatic N) is 1. The van der Waals surface area contributed by atoms with Gasteiger partial charge in [0.2, 0.25) is 0 Å². The van der Waals surface area contributed by atoms with Crippen molar-refractivity contribution in [3.05, 3.63) is 29.8 Å². The molecule has 0 spiro atoms. The van der Waals surface area contributed by atoms with Crippen molar-refractivity contribution in [2.45, 2.75) is 39.0 Å². The van der Waals surface area contributed by atoms with Crippen molar-refractivity contribution in [1.82, 2.24) is 4.90 Å². The lowest BCUT2D eigenvalue weighted by Gasteiger charge is -2.27. The van der Waals surface area contributed by atoms with Crippen LogP contribution in [-0.2, 0) is 16.0 Å². The molecule has 1 atom stereocenters. The largest absolute Gasteiger partial charge is 0.497 e. The van der Waals surface area contributed by atoms with Gasteiger partial charge in [-0.15, -0.1) is 0 Å². The second kappa shape index (κ2) is 9.88. The summed E-state index contributed by atoms with van der Waals surface area (Å²) in [6, 6.07) is 7.97. The maximum Gasteiger partial charge on any atom is 0.119 e. The Balaban J connectivity index is 2.60. The molecule has 0 aliphatic heterocycles. The van der Waals surface area contributed by atoms with E-state index in [0.29, 0.717) is 19.8 Å². The molecule has 1 N–H and O–H groups in total. The molecule has 0 saturated heterocycles. The second-order valence-electron chi connectivity index (χ2n) is 6.66. The molecule has 0 unspecified atom stereocenters. The Morgan fingerprint density at radius 3 is 2.57 bits per heavy atom. The number of aliphatic hydroxyl groups is 1. The minimum atomic E-state index is -0.531. The van der Waals surface area contributed by atoms with Crippen LogP contribution in [-0.4, -0.2) is 62.2 Å². The predicted molar refractivity (Wildman–Crippen MR) is 91.9 cm³/mol. The Morgan fingerprint density at radius 1 is 1.22 bits per heavy atom. The Morgan fingerprint density at radius 2 is 1.96 bits per heavy atom. The van der Waals surface area contributed by atoms with Crippen LogP contribution in [0, 0.1) is 0 Å². The van der Waals surface area contributed by atoms with E-state index in [4.69, 9.17) is 14.2 Å². The summed E-state index contributed by atoms with van der Waals surface area (Å²) in [7, 11) is 3.35. The first-order valence-electron chi connectivity index (χ1n) is 8.00. The summed E-state index contributed by atoms with van der Waals surface area (Å²) >= 11 is 0. The van der Waals surface area contributed by atoms with Gasteiger partial charge in [0.25, 0.3) is 0 Å². The van der Waals surface area contributed by atoms with Gasteiger partial charge < -0.3 is 19.3 Å². The lowest BCUT2D eigenvalue weighted by molar-refractivity contribution is -0.0576. The number of aliphatic hydroxyl groups excluding tert-OH is 1. The first kappa shape index (κ1) is 19.9. The molecule has 5 nitrogen and oxygen atoms in total. The smallest absolute Gasteiger partial charge is 0.119 e. The molecule has 0 saturated carbocycles. The van der Waals surface area contributed by atoms with Gasteiger partial charge in [-0.3, -0.25) is 4.90 Å². The van der Waals surface area contributed by atoms with Gasteiger partial charge in [-0.05, 0) is 38.5 Å². The van der Waals surface area contributed by atoms with Crippen LogP contribution in [0.5, 0.6) is 5.75 Å². The third kappa shape index (κ3) is 8.91. The van der Waals surface area contributed by atoms with Crippen LogP contribution in [0.3, 0.4) is 0 Å². The topological polar surface area (TPSA) is 51.2 Å². The van der Waals surface area contributed by atoms with Gasteiger partial charge >= 0.3 is 0 Å². The highest BCUT2D eigenvalue weighted by Gasteiger charge is 2.17. The molecule has 0 aliphatic rings. The van der Waals surface area contributed by atoms with Crippen molar-refractivity contribution < 1.29 is 19.3 Å². The van der Waals surface area contributed by atoms with Crippen molar-refractivity contribution in [1.29, 1.82) is 0 Å². The standard InChI is InChI=1S/C18H31NO4/c1-18(2,3)23-14-16(20)13-19(9-10-21-4)12-15-7-6-8-17(11-15)22-5/h6-8,11,16,20H,9-10,12-14H2,1-5H3/t16-/m1/s1. The summed E-state index contributed by atoms with van der Waals surface area (Å²) in [6.45, 7) is 8.92. The normalized spacial score (nSPS) is 13.3. The van der Waals surface area contributed by atoms with E-state index in [1.807, 2.05) is 39.0 Å². The zero-order valence-corrected chi connectivity index (χ0v) is 15.0. The van der Waals surface area contributed by atoms with Crippen molar-refractivity contribution in [3.63, 3.8) is 0 Å². The van der Waals surface area contributed by atoms with E-state index in [9.17, 15) is 5.11 Å². The number of ether oxygens (including phenoxy) is 3. The molecule has 1 aromatic rings. The summed E-state index contributed by atoms with van der Waals surface area (Å²) in [5, 5.41) is 10.2. The third-order valence-electron chi connectivity index (χ3n) is 3.33. The van der Waals surface area contributed by atoms with Crippen LogP contribution in [0.4, 0.5) is 0 Å². The fraction of sp³-hybridized carbons (Fsp3) is 0.667. The molecule has 1 rings (SSSR count). The zero-order valence-electron chi connectivity index (χ0n) is 15.0. The molecule has 0 amide bonds. The second-order valence-corrected chi connectivity index (χ2v) is 6.66. The van der Waals surface area contributed by atoms with Crippen molar-refractivity contribution in [3.8, 4) is 5.75 Å². The average Bonchev–Trinajstić information content (AvgIpc) is 2.50. The van der Waals surface area contributed by atoms with Gasteiger partial charge in [-0.2, -0.15) is 0 Å². The molecular formula is C18H31NO4. The summed E-state index contributed by atoms with van der Waals surface area (Å²) in [6.07, 6.45) is -0.531. The number of methoxy groups -OCH3 is 2. The summed E-state index contributed by atoms with van der Waals surface area (Å²) < 4.78 is 16.1. The van der Waals surface area contributed by atoms with Crippen LogP contribution >= 0.6 is 0 Å². The van der Waals surface area contributed by atoms with Gasteiger partial charge in [0, 0.05) is 26.7 Å². The molecule has 132 valence electrons. The monoisotopic (exact) mass is 325 g/mol. The molecular weight excluding hydrogens is 294 g/mol. The summed E-state index contributed by atoms with van der Waals surface area (Å²) in [4.78, 5) is 2.16. The van der Waals surface area contributed by atoms with Crippen LogP contribution in [0.25, 0.3) is 0 Å². The summed E-state index contributed by atoms with van der Waals surface area (Å²) in [5.74, 6) is 0.839. The maximum atomic E-state index is 10.2. The minimum Gasteiger partial charge on any atom is -0.497 e. The maximum absolute atomic E-state index is 10.2. The average molecular weight is 325 g/mol. The SMILES string of the molecule is COCCN(Cc1cccc(OC)c1)C[C@@H](O)COC(C)(C)C. The van der Waals surface area contributed by atoms with Gasteiger partial charge in [-0.25, -0.2) is 0 Å². The molecule has 0 aromatic heterocycles. The molecule has 0 aliphatic carbocycles. The highest BCUT2D eigenvalue weighted by molar-refractivity contribution is 5.28. The third-order valence-corrected chi connectivity index (χ3v) is 3.33. The van der Waals surface area contributed by atoms with E-state index in [1.54, 1.807) is 14.2 Å². The lowest BCUT2D eigenvalue weighted by Crippen LogP contribution is -2.38. The molecule has 5 heteroatoms. The van der Waals surface area contributed by atoms with Crippen LogP contribution in [0.1, 0.15) is 26.3 Å². The molecule has 0 fully saturated rings. The van der Waals surface area contributed by atoms with E-state index in [2.05, 4.69) is 11.0 Å². The van der Waals surface area contributed by atoms with E-state index in [-0.39, 0.29) is 5.60 Å². The van der Waals surface area contributed by atoms with Crippen LogP contribution < -0.4 is 4.74 Å². The Bertz CT molecular complexity index is 445. The van der Waals surface area contributed by atoms with Gasteiger partial charge in [0.1, 0.15) is 5.75 Å². The molecule has 1 aromatic carbocycles. The van der Waals surface area contributed by atoms with E-state index >= 15 is 0 Å². The molecule has 0 heterocycles. The van der Waals surface area contributed by atoms with Gasteiger partial charge in [-0.1, -0.05) is 12.1 Å². The lowest BCUT2D eigenvalue weighted by atomic mass is 10.2. The predicted octanol–water partition coefficient (Wildman–Crippen LogP) is 2.32. The zero-order chi connectivity index (χ0) is 17.3. The van der Waals surface area contributed by atoms with E-state index in [0.717, 1.165) is 24.4 Å². The summed E-state index contributed by atoms with van der Waals surface area (Å²) in [5.41, 5.74) is 0.898. The van der Waals surface area contributed by atoms with Gasteiger partial charge in [0.15, 0.2) is 0 Å². The van der Waals surface area contributed by atoms with E-state index < -0.39 is 6.10 Å². The van der Waals surface area contributed by atoms with Crippen molar-refractivity contribution in [2.75, 3.05) is 40.5 Å². The minimum absolute atomic E-state index is 0.245. The van der Waals surface area contributed by atoms with Gasteiger partial charge in [0.05, 0.1) is 32.0 Å². The fourth-order valence-electron chi connectivity index (χ4n) is 2.18. The Labute approximate surface area is 140 Å². The van der Waals surface area contributed by atoms with Crippen molar-refractivity contribution >= 4 is 0 Å². The number of hydrogen-bond acceptors (Lipinski definition) is 5. The highest BCUT2D eigenvalue weighted by Crippen LogP contribution is 2.15. The number of hydrogen-bond donors (Lipinski definition) is 1. The number of benzene rings is 1. The highest BCUT2D eigenvalue weighted by atomic mass is 16.5. The first-order chi connectivity index (χ1) is 10.8. The van der Waals surface area contributed by atoms with Crippen molar-refractivity contribution in [2.24, 2.45) is 0 Å².